The fraction of sp³-hybridized carbons (Fsp3) is 0.556. The molecule has 2 fully saturated rings. The second-order valence-electron chi connectivity index (χ2n) is 6.40. The highest BCUT2D eigenvalue weighted by Gasteiger charge is 2.52. The van der Waals surface area contributed by atoms with E-state index in [-0.39, 0.29) is 6.04 Å². The van der Waals surface area contributed by atoms with Crippen molar-refractivity contribution in [2.75, 3.05) is 25.0 Å². The summed E-state index contributed by atoms with van der Waals surface area (Å²) in [7, 11) is 0. The normalized spacial score (nSPS) is 30.0. The van der Waals surface area contributed by atoms with Gasteiger partial charge in [-0.3, -0.25) is 4.90 Å². The monoisotopic (exact) mass is 360 g/mol. The molecule has 2 aliphatic heterocycles. The number of carbonyl (C=O) groups excluding carboxylic acids is 1. The van der Waals surface area contributed by atoms with Gasteiger partial charge < -0.3 is 25.2 Å². The Hall–Kier alpha value is -2.18. The Kier molecular flexibility index (Phi) is 5.74. The van der Waals surface area contributed by atoms with Gasteiger partial charge in [0.2, 0.25) is 0 Å². The SMILES string of the molecule is CCN(CC)C1C2OCC(O2)C(NC(=O)Nc2cccc(C#N)c2)C1O. The summed E-state index contributed by atoms with van der Waals surface area (Å²) in [4.78, 5) is 14.5. The molecule has 8 nitrogen and oxygen atoms in total. The number of likely N-dealkylation sites (N-methyl/N-ethyl adjacent to an activating group) is 1. The number of hydrogen-bond acceptors (Lipinski definition) is 6. The third-order valence-electron chi connectivity index (χ3n) is 4.91. The molecule has 5 atom stereocenters. The zero-order valence-corrected chi connectivity index (χ0v) is 14.9. The zero-order valence-electron chi connectivity index (χ0n) is 14.9. The summed E-state index contributed by atoms with van der Waals surface area (Å²) in [5.74, 6) is 0. The lowest BCUT2D eigenvalue weighted by Gasteiger charge is -2.43. The molecule has 8 heteroatoms. The highest BCUT2D eigenvalue weighted by Crippen LogP contribution is 2.31. The fourth-order valence-corrected chi connectivity index (χ4v) is 3.60. The van der Waals surface area contributed by atoms with E-state index in [4.69, 9.17) is 14.7 Å². The third kappa shape index (κ3) is 3.66. The lowest BCUT2D eigenvalue weighted by Crippen LogP contribution is -2.65. The average Bonchev–Trinajstić information content (AvgIpc) is 3.08. The molecule has 2 saturated heterocycles. The number of aliphatic hydroxyl groups excluding tert-OH is 1. The number of nitrogens with one attached hydrogen (secondary N) is 2. The van der Waals surface area contributed by atoms with Crippen molar-refractivity contribution in [3.05, 3.63) is 29.8 Å². The van der Waals surface area contributed by atoms with Crippen molar-refractivity contribution in [1.82, 2.24) is 10.2 Å². The number of carbonyl (C=O) groups is 1. The first-order chi connectivity index (χ1) is 12.6. The molecule has 5 unspecified atom stereocenters. The van der Waals surface area contributed by atoms with Crippen molar-refractivity contribution in [2.24, 2.45) is 0 Å². The second-order valence-corrected chi connectivity index (χ2v) is 6.40. The lowest BCUT2D eigenvalue weighted by molar-refractivity contribution is -0.179. The molecule has 0 radical (unpaired) electrons. The van der Waals surface area contributed by atoms with E-state index < -0.39 is 30.6 Å². The van der Waals surface area contributed by atoms with Crippen LogP contribution in [-0.2, 0) is 9.47 Å². The maximum absolute atomic E-state index is 12.4. The summed E-state index contributed by atoms with van der Waals surface area (Å²) >= 11 is 0. The lowest BCUT2D eigenvalue weighted by atomic mass is 9.95. The minimum Gasteiger partial charge on any atom is -0.389 e. The summed E-state index contributed by atoms with van der Waals surface area (Å²) in [5.41, 5.74) is 0.964. The molecular weight excluding hydrogens is 336 g/mol. The molecule has 0 aliphatic carbocycles. The Balaban J connectivity index is 1.69. The predicted octanol–water partition coefficient (Wildman–Crippen LogP) is 0.875. The summed E-state index contributed by atoms with van der Waals surface area (Å²) in [6, 6.07) is 7.28. The van der Waals surface area contributed by atoms with Gasteiger partial charge in [-0.1, -0.05) is 19.9 Å². The van der Waals surface area contributed by atoms with Crippen molar-refractivity contribution in [3.63, 3.8) is 0 Å². The van der Waals surface area contributed by atoms with Crippen molar-refractivity contribution in [3.8, 4) is 6.07 Å². The molecule has 26 heavy (non-hydrogen) atoms. The van der Waals surface area contributed by atoms with Crippen molar-refractivity contribution < 1.29 is 19.4 Å². The molecule has 140 valence electrons. The number of aliphatic hydroxyl groups is 1. The van der Waals surface area contributed by atoms with Crippen LogP contribution in [0.4, 0.5) is 10.5 Å². The Morgan fingerprint density at radius 2 is 2.19 bits per heavy atom. The standard InChI is InChI=1S/C18H24N4O4/c1-3-22(4-2)15-16(23)14(13-10-25-17(15)26-13)21-18(24)20-12-7-5-6-11(8-12)9-19/h5-8,13-17,23H,3-4,10H2,1-2H3,(H2,20,21,24). The molecule has 2 aliphatic rings. The Morgan fingerprint density at radius 3 is 2.88 bits per heavy atom. The number of amides is 2. The van der Waals surface area contributed by atoms with E-state index in [2.05, 4.69) is 15.5 Å². The Labute approximate surface area is 152 Å². The molecule has 2 amide bonds. The van der Waals surface area contributed by atoms with Crippen LogP contribution in [0.5, 0.6) is 0 Å². The van der Waals surface area contributed by atoms with Crippen LogP contribution in [0.25, 0.3) is 0 Å². The van der Waals surface area contributed by atoms with Crippen LogP contribution in [0.3, 0.4) is 0 Å². The van der Waals surface area contributed by atoms with Gasteiger partial charge in [-0.25, -0.2) is 4.79 Å². The molecule has 1 aromatic carbocycles. The Bertz CT molecular complexity index is 686. The van der Waals surface area contributed by atoms with Crippen molar-refractivity contribution >= 4 is 11.7 Å². The molecule has 2 heterocycles. The van der Waals surface area contributed by atoms with E-state index in [1.165, 1.54) is 0 Å². The molecule has 3 rings (SSSR count). The number of benzene rings is 1. The van der Waals surface area contributed by atoms with Crippen LogP contribution in [0.15, 0.2) is 24.3 Å². The first kappa shape index (κ1) is 18.6. The van der Waals surface area contributed by atoms with Gasteiger partial charge in [0.05, 0.1) is 36.4 Å². The minimum absolute atomic E-state index is 0.328. The van der Waals surface area contributed by atoms with Gasteiger partial charge in [0.1, 0.15) is 6.10 Å². The van der Waals surface area contributed by atoms with E-state index in [1.54, 1.807) is 24.3 Å². The smallest absolute Gasteiger partial charge is 0.319 e. The number of nitriles is 1. The summed E-state index contributed by atoms with van der Waals surface area (Å²) in [6.07, 6.45) is -1.68. The molecule has 2 bridgehead atoms. The summed E-state index contributed by atoms with van der Waals surface area (Å²) < 4.78 is 11.5. The van der Waals surface area contributed by atoms with E-state index >= 15 is 0 Å². The van der Waals surface area contributed by atoms with Crippen LogP contribution in [0.1, 0.15) is 19.4 Å². The number of fused-ring (bicyclic) bond motifs is 2. The molecule has 0 aromatic heterocycles. The quantitative estimate of drug-likeness (QED) is 0.719. The largest absolute Gasteiger partial charge is 0.389 e. The van der Waals surface area contributed by atoms with Gasteiger partial charge in [-0.05, 0) is 31.3 Å². The highest BCUT2D eigenvalue weighted by molar-refractivity contribution is 5.89. The number of rotatable bonds is 5. The van der Waals surface area contributed by atoms with Gasteiger partial charge >= 0.3 is 6.03 Å². The highest BCUT2D eigenvalue weighted by atomic mass is 16.7. The van der Waals surface area contributed by atoms with Gasteiger partial charge in [-0.15, -0.1) is 0 Å². The topological polar surface area (TPSA) is 107 Å². The molecular formula is C18H24N4O4. The van der Waals surface area contributed by atoms with E-state index in [0.717, 1.165) is 13.1 Å². The van der Waals surface area contributed by atoms with Gasteiger partial charge in [0, 0.05) is 5.69 Å². The van der Waals surface area contributed by atoms with Crippen LogP contribution in [-0.4, -0.2) is 66.3 Å². The van der Waals surface area contributed by atoms with Gasteiger partial charge in [-0.2, -0.15) is 5.26 Å². The summed E-state index contributed by atoms with van der Waals surface area (Å²) in [6.45, 7) is 5.83. The average molecular weight is 360 g/mol. The van der Waals surface area contributed by atoms with Gasteiger partial charge in [0.15, 0.2) is 6.29 Å². The van der Waals surface area contributed by atoms with Crippen LogP contribution in [0, 0.1) is 11.3 Å². The minimum atomic E-state index is -0.808. The maximum Gasteiger partial charge on any atom is 0.319 e. The first-order valence-electron chi connectivity index (χ1n) is 8.84. The van der Waals surface area contributed by atoms with Gasteiger partial charge in [0.25, 0.3) is 0 Å². The molecule has 0 spiro atoms. The number of hydrogen-bond donors (Lipinski definition) is 3. The van der Waals surface area contributed by atoms with E-state index in [9.17, 15) is 9.90 Å². The van der Waals surface area contributed by atoms with E-state index in [1.807, 2.05) is 19.9 Å². The van der Waals surface area contributed by atoms with Crippen molar-refractivity contribution in [1.29, 1.82) is 5.26 Å². The second kappa shape index (κ2) is 8.01. The van der Waals surface area contributed by atoms with E-state index in [0.29, 0.717) is 17.9 Å². The number of urea groups is 1. The molecule has 1 aromatic rings. The molecule has 0 saturated carbocycles. The number of anilines is 1. The molecule has 3 N–H and O–H groups in total. The fourth-order valence-electron chi connectivity index (χ4n) is 3.60. The third-order valence-corrected chi connectivity index (χ3v) is 4.91. The Morgan fingerprint density at radius 1 is 1.42 bits per heavy atom. The zero-order chi connectivity index (χ0) is 18.7. The maximum atomic E-state index is 12.4. The number of ether oxygens (including phenoxy) is 2. The van der Waals surface area contributed by atoms with Crippen LogP contribution >= 0.6 is 0 Å². The van der Waals surface area contributed by atoms with Crippen LogP contribution < -0.4 is 10.6 Å². The van der Waals surface area contributed by atoms with Crippen molar-refractivity contribution in [2.45, 2.75) is 44.4 Å². The first-order valence-corrected chi connectivity index (χ1v) is 8.84. The van der Waals surface area contributed by atoms with Crippen LogP contribution in [0.2, 0.25) is 0 Å². The number of nitrogens with zero attached hydrogens (tertiary/aromatic N) is 2. The summed E-state index contributed by atoms with van der Waals surface area (Å²) in [5, 5.41) is 25.3. The predicted molar refractivity (Wildman–Crippen MR) is 94.4 cm³/mol.